The molecule has 0 radical (unpaired) electrons. The highest BCUT2D eigenvalue weighted by atomic mass is 32.1. The number of carboxylic acids is 1. The van der Waals surface area contributed by atoms with Gasteiger partial charge in [-0.05, 0) is 37.3 Å². The Labute approximate surface area is 137 Å². The van der Waals surface area contributed by atoms with Gasteiger partial charge in [0.2, 0.25) is 0 Å². The van der Waals surface area contributed by atoms with Crippen molar-refractivity contribution in [2.45, 2.75) is 6.92 Å². The summed E-state index contributed by atoms with van der Waals surface area (Å²) in [6.07, 6.45) is 0. The lowest BCUT2D eigenvalue weighted by atomic mass is 10.2. The normalized spacial score (nSPS) is 10.2. The Balaban J connectivity index is 2.14. The molecule has 1 aromatic heterocycles. The first-order valence-corrected chi connectivity index (χ1v) is 7.61. The maximum Gasteiger partial charge on any atom is 0.341 e. The van der Waals surface area contributed by atoms with Crippen LogP contribution in [0.4, 0.5) is 5.69 Å². The number of ether oxygens (including phenoxy) is 2. The monoisotopic (exact) mass is 335 g/mol. The summed E-state index contributed by atoms with van der Waals surface area (Å²) in [5.41, 5.74) is 0.672. The minimum atomic E-state index is -1.04. The van der Waals surface area contributed by atoms with E-state index < -0.39 is 12.6 Å². The Morgan fingerprint density at radius 3 is 2.48 bits per heavy atom. The van der Waals surface area contributed by atoms with Crippen LogP contribution in [0.15, 0.2) is 30.3 Å². The van der Waals surface area contributed by atoms with Gasteiger partial charge in [-0.3, -0.25) is 4.79 Å². The second kappa shape index (κ2) is 7.15. The predicted molar refractivity (Wildman–Crippen MR) is 87.9 cm³/mol. The van der Waals surface area contributed by atoms with E-state index in [2.05, 4.69) is 0 Å². The zero-order chi connectivity index (χ0) is 17.0. The molecule has 0 aliphatic heterocycles. The van der Waals surface area contributed by atoms with Crippen LogP contribution < -0.4 is 14.4 Å². The third-order valence-electron chi connectivity index (χ3n) is 3.13. The number of aliphatic carboxylic acids is 1. The van der Waals surface area contributed by atoms with Gasteiger partial charge in [0.1, 0.15) is 16.4 Å². The van der Waals surface area contributed by atoms with Crippen molar-refractivity contribution in [3.8, 4) is 11.5 Å². The first kappa shape index (κ1) is 16.8. The van der Waals surface area contributed by atoms with Gasteiger partial charge in [-0.2, -0.15) is 0 Å². The van der Waals surface area contributed by atoms with E-state index in [-0.39, 0.29) is 5.91 Å². The molecule has 1 amide bonds. The van der Waals surface area contributed by atoms with Gasteiger partial charge in [-0.1, -0.05) is 0 Å². The number of hydrogen-bond donors (Lipinski definition) is 1. The average molecular weight is 335 g/mol. The first-order valence-electron chi connectivity index (χ1n) is 6.79. The minimum absolute atomic E-state index is 0.167. The van der Waals surface area contributed by atoms with Crippen molar-refractivity contribution in [3.05, 3.63) is 40.1 Å². The van der Waals surface area contributed by atoms with E-state index in [1.54, 1.807) is 31.3 Å². The number of methoxy groups -OCH3 is 1. The van der Waals surface area contributed by atoms with Crippen molar-refractivity contribution >= 4 is 28.9 Å². The van der Waals surface area contributed by atoms with Crippen LogP contribution >= 0.6 is 11.3 Å². The number of aryl methyl sites for hydroxylation is 1. The molecule has 0 bridgehead atoms. The summed E-state index contributed by atoms with van der Waals surface area (Å²) in [6.45, 7) is 1.51. The van der Waals surface area contributed by atoms with E-state index in [4.69, 9.17) is 14.6 Å². The lowest BCUT2D eigenvalue weighted by molar-refractivity contribution is -0.139. The number of amides is 1. The summed E-state index contributed by atoms with van der Waals surface area (Å²) < 4.78 is 10.3. The van der Waals surface area contributed by atoms with Crippen LogP contribution in [0.2, 0.25) is 0 Å². The van der Waals surface area contributed by atoms with Crippen LogP contribution in [0.1, 0.15) is 14.5 Å². The highest BCUT2D eigenvalue weighted by molar-refractivity contribution is 7.14. The summed E-state index contributed by atoms with van der Waals surface area (Å²) in [5, 5.41) is 8.58. The Bertz CT molecular complexity index is 708. The Morgan fingerprint density at radius 2 is 1.91 bits per heavy atom. The van der Waals surface area contributed by atoms with Crippen LogP contribution in [0.5, 0.6) is 11.5 Å². The van der Waals surface area contributed by atoms with E-state index in [1.807, 2.05) is 13.0 Å². The zero-order valence-electron chi connectivity index (χ0n) is 13.0. The molecule has 1 heterocycles. The number of anilines is 1. The molecule has 0 aliphatic rings. The lowest BCUT2D eigenvalue weighted by Gasteiger charge is -2.17. The second-order valence-electron chi connectivity index (χ2n) is 4.80. The Morgan fingerprint density at radius 1 is 1.26 bits per heavy atom. The second-order valence-corrected chi connectivity index (χ2v) is 6.05. The van der Waals surface area contributed by atoms with E-state index in [0.29, 0.717) is 22.1 Å². The predicted octanol–water partition coefficient (Wildman–Crippen LogP) is 2.81. The number of nitrogens with zero attached hydrogens (tertiary/aromatic N) is 1. The number of carbonyl (C=O) groups excluding carboxylic acids is 1. The van der Waals surface area contributed by atoms with Crippen molar-refractivity contribution in [3.63, 3.8) is 0 Å². The molecule has 0 spiro atoms. The highest BCUT2D eigenvalue weighted by Crippen LogP contribution is 2.31. The van der Waals surface area contributed by atoms with Crippen LogP contribution in [0.25, 0.3) is 0 Å². The molecule has 122 valence electrons. The largest absolute Gasteiger partial charge is 0.495 e. The molecule has 1 aromatic carbocycles. The number of rotatable bonds is 6. The molecule has 23 heavy (non-hydrogen) atoms. The van der Waals surface area contributed by atoms with Crippen LogP contribution in [-0.4, -0.2) is 37.7 Å². The third-order valence-corrected chi connectivity index (χ3v) is 4.15. The fraction of sp³-hybridized carbons (Fsp3) is 0.250. The molecule has 0 saturated heterocycles. The SMILES string of the molecule is COc1cc(C)sc1C(=O)N(C)c1ccc(OCC(=O)O)cc1. The fourth-order valence-electron chi connectivity index (χ4n) is 1.97. The van der Waals surface area contributed by atoms with Gasteiger partial charge in [-0.15, -0.1) is 11.3 Å². The van der Waals surface area contributed by atoms with Crippen LogP contribution in [-0.2, 0) is 4.79 Å². The van der Waals surface area contributed by atoms with Gasteiger partial charge in [0, 0.05) is 17.6 Å². The number of carbonyl (C=O) groups is 2. The Kier molecular flexibility index (Phi) is 5.23. The van der Waals surface area contributed by atoms with Gasteiger partial charge in [0.05, 0.1) is 7.11 Å². The van der Waals surface area contributed by atoms with Crippen LogP contribution in [0.3, 0.4) is 0 Å². The van der Waals surface area contributed by atoms with E-state index in [9.17, 15) is 9.59 Å². The molecule has 0 unspecified atom stereocenters. The van der Waals surface area contributed by atoms with Gasteiger partial charge in [-0.25, -0.2) is 4.79 Å². The number of carboxylic acid groups (broad SMARTS) is 1. The van der Waals surface area contributed by atoms with E-state index >= 15 is 0 Å². The van der Waals surface area contributed by atoms with Gasteiger partial charge in [0.25, 0.3) is 5.91 Å². The van der Waals surface area contributed by atoms with Crippen molar-refractivity contribution < 1.29 is 24.2 Å². The zero-order valence-corrected chi connectivity index (χ0v) is 13.8. The molecule has 0 saturated carbocycles. The topological polar surface area (TPSA) is 76.1 Å². The molecule has 0 fully saturated rings. The first-order chi connectivity index (χ1) is 10.9. The summed E-state index contributed by atoms with van der Waals surface area (Å²) in [4.78, 5) is 26.1. The lowest BCUT2D eigenvalue weighted by Crippen LogP contribution is -2.25. The third kappa shape index (κ3) is 4.01. The minimum Gasteiger partial charge on any atom is -0.495 e. The molecule has 0 aliphatic carbocycles. The highest BCUT2D eigenvalue weighted by Gasteiger charge is 2.20. The molecule has 6 nitrogen and oxygen atoms in total. The average Bonchev–Trinajstić information content (AvgIpc) is 2.93. The smallest absolute Gasteiger partial charge is 0.341 e. The molecule has 1 N–H and O–H groups in total. The summed E-state index contributed by atoms with van der Waals surface area (Å²) in [7, 11) is 3.21. The summed E-state index contributed by atoms with van der Waals surface area (Å²) in [6, 6.07) is 8.47. The standard InChI is InChI=1S/C16H17NO5S/c1-10-8-13(21-3)15(23-10)16(20)17(2)11-4-6-12(7-5-11)22-9-14(18)19/h4-8H,9H2,1-3H3,(H,18,19). The van der Waals surface area contributed by atoms with Gasteiger partial charge in [0.15, 0.2) is 6.61 Å². The molecule has 2 aromatic rings. The summed E-state index contributed by atoms with van der Waals surface area (Å²) in [5.74, 6) is -0.215. The van der Waals surface area contributed by atoms with Crippen molar-refractivity contribution in [1.82, 2.24) is 0 Å². The Hall–Kier alpha value is -2.54. The fourth-order valence-corrected chi connectivity index (χ4v) is 2.93. The summed E-state index contributed by atoms with van der Waals surface area (Å²) >= 11 is 1.38. The molecule has 7 heteroatoms. The van der Waals surface area contributed by atoms with Crippen molar-refractivity contribution in [2.75, 3.05) is 25.7 Å². The quantitative estimate of drug-likeness (QED) is 0.878. The van der Waals surface area contributed by atoms with Gasteiger partial charge >= 0.3 is 5.97 Å². The van der Waals surface area contributed by atoms with Crippen molar-refractivity contribution in [1.29, 1.82) is 0 Å². The maximum atomic E-state index is 12.6. The maximum absolute atomic E-state index is 12.6. The number of hydrogen-bond acceptors (Lipinski definition) is 5. The number of thiophene rings is 1. The van der Waals surface area contributed by atoms with Crippen molar-refractivity contribution in [2.24, 2.45) is 0 Å². The molecule has 0 atom stereocenters. The van der Waals surface area contributed by atoms with Gasteiger partial charge < -0.3 is 19.5 Å². The van der Waals surface area contributed by atoms with E-state index in [0.717, 1.165) is 4.88 Å². The molecular weight excluding hydrogens is 318 g/mol. The number of benzene rings is 1. The molecule has 2 rings (SSSR count). The molecular formula is C16H17NO5S. The van der Waals surface area contributed by atoms with Crippen LogP contribution in [0, 0.1) is 6.92 Å². The van der Waals surface area contributed by atoms with E-state index in [1.165, 1.54) is 23.3 Å².